The quantitative estimate of drug-likeness (QED) is 0.762. The van der Waals surface area contributed by atoms with Crippen LogP contribution in [-0.2, 0) is 0 Å². The molecule has 2 heteroatoms. The van der Waals surface area contributed by atoms with E-state index in [9.17, 15) is 0 Å². The third-order valence-corrected chi connectivity index (χ3v) is 2.09. The Hall–Kier alpha value is -1.02. The monoisotopic (exact) mass is 179 g/mol. The molecule has 72 valence electrons. The minimum absolute atomic E-state index is 0.260. The van der Waals surface area contributed by atoms with Crippen LogP contribution in [0, 0.1) is 6.92 Å². The number of nitrogens with zero attached hydrogens (tertiary/aromatic N) is 1. The summed E-state index contributed by atoms with van der Waals surface area (Å²) in [5, 5.41) is 8.69. The average Bonchev–Trinajstić information content (AvgIpc) is 2.14. The number of aliphatic hydroxyl groups excluding tert-OH is 1. The van der Waals surface area contributed by atoms with E-state index in [1.54, 1.807) is 0 Å². The normalized spacial score (nSPS) is 10.1. The first kappa shape index (κ1) is 10.1. The van der Waals surface area contributed by atoms with Gasteiger partial charge in [0.25, 0.3) is 0 Å². The minimum Gasteiger partial charge on any atom is -0.396 e. The largest absolute Gasteiger partial charge is 0.396 e. The lowest BCUT2D eigenvalue weighted by Crippen LogP contribution is -2.19. The molecule has 2 nitrogen and oxygen atoms in total. The molecule has 0 aliphatic heterocycles. The maximum Gasteiger partial charge on any atom is 0.0447 e. The highest BCUT2D eigenvalue weighted by molar-refractivity contribution is 5.47. The van der Waals surface area contributed by atoms with Crippen LogP contribution in [0.5, 0.6) is 0 Å². The SMILES string of the molecule is Cc1cccc(N(C)CCCO)c1. The number of anilines is 1. The van der Waals surface area contributed by atoms with Crippen LogP contribution < -0.4 is 4.90 Å². The molecule has 0 atom stereocenters. The lowest BCUT2D eigenvalue weighted by Gasteiger charge is -2.18. The Balaban J connectivity index is 2.60. The summed E-state index contributed by atoms with van der Waals surface area (Å²) in [6.07, 6.45) is 0.824. The number of benzene rings is 1. The Morgan fingerprint density at radius 1 is 1.38 bits per heavy atom. The molecular weight excluding hydrogens is 162 g/mol. The zero-order valence-electron chi connectivity index (χ0n) is 8.33. The molecule has 13 heavy (non-hydrogen) atoms. The minimum atomic E-state index is 0.260. The van der Waals surface area contributed by atoms with Crippen LogP contribution in [0.1, 0.15) is 12.0 Å². The van der Waals surface area contributed by atoms with Crippen LogP contribution in [0.2, 0.25) is 0 Å². The predicted octanol–water partition coefficient (Wildman–Crippen LogP) is 1.81. The van der Waals surface area contributed by atoms with Gasteiger partial charge in [0.15, 0.2) is 0 Å². The molecular formula is C11H17NO. The van der Waals surface area contributed by atoms with Gasteiger partial charge in [0.2, 0.25) is 0 Å². The van der Waals surface area contributed by atoms with Gasteiger partial charge >= 0.3 is 0 Å². The van der Waals surface area contributed by atoms with Gasteiger partial charge in [0.05, 0.1) is 0 Å². The van der Waals surface area contributed by atoms with Gasteiger partial charge in [-0.25, -0.2) is 0 Å². The molecule has 0 saturated carbocycles. The molecule has 0 unspecified atom stereocenters. The number of aliphatic hydroxyl groups is 1. The topological polar surface area (TPSA) is 23.5 Å². The molecule has 0 saturated heterocycles. The lowest BCUT2D eigenvalue weighted by atomic mass is 10.2. The van der Waals surface area contributed by atoms with Crippen molar-refractivity contribution in [1.29, 1.82) is 0 Å². The van der Waals surface area contributed by atoms with Gasteiger partial charge in [-0.3, -0.25) is 0 Å². The van der Waals surface area contributed by atoms with Crippen molar-refractivity contribution in [2.45, 2.75) is 13.3 Å². The van der Waals surface area contributed by atoms with Crippen LogP contribution >= 0.6 is 0 Å². The van der Waals surface area contributed by atoms with Crippen molar-refractivity contribution >= 4 is 5.69 Å². The van der Waals surface area contributed by atoms with E-state index in [-0.39, 0.29) is 6.61 Å². The molecule has 0 fully saturated rings. The van der Waals surface area contributed by atoms with E-state index in [2.05, 4.69) is 36.1 Å². The fraction of sp³-hybridized carbons (Fsp3) is 0.455. The number of rotatable bonds is 4. The van der Waals surface area contributed by atoms with Crippen LogP contribution in [0.15, 0.2) is 24.3 Å². The van der Waals surface area contributed by atoms with E-state index in [0.29, 0.717) is 0 Å². The van der Waals surface area contributed by atoms with E-state index in [4.69, 9.17) is 5.11 Å². The van der Waals surface area contributed by atoms with Crippen molar-refractivity contribution in [3.63, 3.8) is 0 Å². The highest BCUT2D eigenvalue weighted by atomic mass is 16.3. The molecule has 1 aromatic carbocycles. The second-order valence-electron chi connectivity index (χ2n) is 3.34. The molecule has 0 heterocycles. The molecule has 0 aliphatic carbocycles. The van der Waals surface area contributed by atoms with Gasteiger partial charge in [-0.05, 0) is 31.0 Å². The Bertz CT molecular complexity index is 260. The Labute approximate surface area is 79.8 Å². The van der Waals surface area contributed by atoms with Crippen LogP contribution in [0.3, 0.4) is 0 Å². The summed E-state index contributed by atoms with van der Waals surface area (Å²) >= 11 is 0. The van der Waals surface area contributed by atoms with Gasteiger partial charge in [0.1, 0.15) is 0 Å². The zero-order valence-corrected chi connectivity index (χ0v) is 8.33. The molecule has 0 radical (unpaired) electrons. The average molecular weight is 179 g/mol. The van der Waals surface area contributed by atoms with E-state index < -0.39 is 0 Å². The number of hydrogen-bond acceptors (Lipinski definition) is 2. The summed E-state index contributed by atoms with van der Waals surface area (Å²) < 4.78 is 0. The van der Waals surface area contributed by atoms with E-state index in [1.807, 2.05) is 7.05 Å². The fourth-order valence-corrected chi connectivity index (χ4v) is 1.30. The van der Waals surface area contributed by atoms with E-state index >= 15 is 0 Å². The first-order valence-electron chi connectivity index (χ1n) is 4.62. The van der Waals surface area contributed by atoms with Crippen molar-refractivity contribution in [1.82, 2.24) is 0 Å². The van der Waals surface area contributed by atoms with Gasteiger partial charge in [-0.15, -0.1) is 0 Å². The third kappa shape index (κ3) is 3.07. The summed E-state index contributed by atoms with van der Waals surface area (Å²) in [6, 6.07) is 8.38. The summed E-state index contributed by atoms with van der Waals surface area (Å²) in [7, 11) is 2.05. The molecule has 0 bridgehead atoms. The first-order chi connectivity index (χ1) is 6.24. The van der Waals surface area contributed by atoms with Gasteiger partial charge in [-0.2, -0.15) is 0 Å². The molecule has 0 spiro atoms. The molecule has 0 aliphatic rings. The second kappa shape index (κ2) is 4.87. The van der Waals surface area contributed by atoms with Gasteiger partial charge in [0, 0.05) is 25.9 Å². The standard InChI is InChI=1S/C11H17NO/c1-10-5-3-6-11(9-10)12(2)7-4-8-13/h3,5-6,9,13H,4,7-8H2,1-2H3. The molecule has 1 aromatic rings. The lowest BCUT2D eigenvalue weighted by molar-refractivity contribution is 0.290. The summed E-state index contributed by atoms with van der Waals surface area (Å²) in [6.45, 7) is 3.25. The highest BCUT2D eigenvalue weighted by Crippen LogP contribution is 2.13. The second-order valence-corrected chi connectivity index (χ2v) is 3.34. The number of hydrogen-bond donors (Lipinski definition) is 1. The summed E-state index contributed by atoms with van der Waals surface area (Å²) in [5.41, 5.74) is 2.49. The fourth-order valence-electron chi connectivity index (χ4n) is 1.30. The Morgan fingerprint density at radius 2 is 2.15 bits per heavy atom. The zero-order chi connectivity index (χ0) is 9.68. The van der Waals surface area contributed by atoms with Crippen molar-refractivity contribution < 1.29 is 5.11 Å². The van der Waals surface area contributed by atoms with E-state index in [0.717, 1.165) is 13.0 Å². The van der Waals surface area contributed by atoms with Gasteiger partial charge in [-0.1, -0.05) is 12.1 Å². The molecule has 0 aromatic heterocycles. The number of aryl methyl sites for hydroxylation is 1. The highest BCUT2D eigenvalue weighted by Gasteiger charge is 1.98. The van der Waals surface area contributed by atoms with E-state index in [1.165, 1.54) is 11.3 Å². The summed E-state index contributed by atoms with van der Waals surface area (Å²) in [5.74, 6) is 0. The molecule has 1 rings (SSSR count). The smallest absolute Gasteiger partial charge is 0.0447 e. The van der Waals surface area contributed by atoms with Crippen molar-refractivity contribution in [2.75, 3.05) is 25.1 Å². The van der Waals surface area contributed by atoms with Crippen molar-refractivity contribution in [2.24, 2.45) is 0 Å². The first-order valence-corrected chi connectivity index (χ1v) is 4.62. The maximum absolute atomic E-state index is 8.69. The maximum atomic E-state index is 8.69. The Morgan fingerprint density at radius 3 is 2.77 bits per heavy atom. The molecule has 1 N–H and O–H groups in total. The molecule has 0 amide bonds. The predicted molar refractivity (Wildman–Crippen MR) is 56.2 cm³/mol. The van der Waals surface area contributed by atoms with Crippen LogP contribution in [0.25, 0.3) is 0 Å². The van der Waals surface area contributed by atoms with Crippen molar-refractivity contribution in [3.8, 4) is 0 Å². The van der Waals surface area contributed by atoms with Crippen LogP contribution in [-0.4, -0.2) is 25.3 Å². The Kier molecular flexibility index (Phi) is 3.77. The van der Waals surface area contributed by atoms with Crippen LogP contribution in [0.4, 0.5) is 5.69 Å². The van der Waals surface area contributed by atoms with Gasteiger partial charge < -0.3 is 10.0 Å². The van der Waals surface area contributed by atoms with Crippen molar-refractivity contribution in [3.05, 3.63) is 29.8 Å². The third-order valence-electron chi connectivity index (χ3n) is 2.09. The summed E-state index contributed by atoms with van der Waals surface area (Å²) in [4.78, 5) is 2.16.